The molecule has 0 fully saturated rings. The molecule has 0 radical (unpaired) electrons. The van der Waals surface area contributed by atoms with E-state index < -0.39 is 0 Å². The van der Waals surface area contributed by atoms with Crippen LogP contribution in [0, 0.1) is 6.92 Å². The summed E-state index contributed by atoms with van der Waals surface area (Å²) in [7, 11) is 0. The van der Waals surface area contributed by atoms with E-state index in [2.05, 4.69) is 18.2 Å². The molecular formula is C18H16O2. The third-order valence-corrected chi connectivity index (χ3v) is 3.22. The van der Waals surface area contributed by atoms with Crippen molar-refractivity contribution in [1.82, 2.24) is 0 Å². The molecule has 0 bridgehead atoms. The zero-order valence-electron chi connectivity index (χ0n) is 11.4. The average molecular weight is 264 g/mol. The minimum Gasteiger partial charge on any atom is -0.489 e. The Hall–Kier alpha value is -2.48. The molecule has 3 aromatic rings. The van der Waals surface area contributed by atoms with E-state index in [-0.39, 0.29) is 0 Å². The highest BCUT2D eigenvalue weighted by molar-refractivity contribution is 5.60. The number of furan rings is 1. The molecule has 0 atom stereocenters. The monoisotopic (exact) mass is 264 g/mol. The lowest BCUT2D eigenvalue weighted by molar-refractivity contribution is 0.304. The first kappa shape index (κ1) is 12.5. The Morgan fingerprint density at radius 2 is 1.80 bits per heavy atom. The van der Waals surface area contributed by atoms with Crippen molar-refractivity contribution < 1.29 is 9.15 Å². The van der Waals surface area contributed by atoms with Crippen LogP contribution >= 0.6 is 0 Å². The van der Waals surface area contributed by atoms with Crippen molar-refractivity contribution in [3.05, 3.63) is 78.1 Å². The molecule has 0 saturated heterocycles. The second-order valence-electron chi connectivity index (χ2n) is 4.73. The van der Waals surface area contributed by atoms with Crippen LogP contribution in [0.25, 0.3) is 11.3 Å². The maximum Gasteiger partial charge on any atom is 0.133 e. The van der Waals surface area contributed by atoms with Gasteiger partial charge in [0.1, 0.15) is 18.1 Å². The molecule has 0 aliphatic heterocycles. The largest absolute Gasteiger partial charge is 0.489 e. The van der Waals surface area contributed by atoms with E-state index in [0.29, 0.717) is 6.61 Å². The molecule has 0 unspecified atom stereocenters. The summed E-state index contributed by atoms with van der Waals surface area (Å²) in [5, 5.41) is 0. The molecule has 0 aliphatic carbocycles. The first-order chi connectivity index (χ1) is 9.83. The SMILES string of the molecule is Cc1cc(-c2ccco2)ccc1OCc1ccccc1. The molecule has 1 aromatic heterocycles. The van der Waals surface area contributed by atoms with Crippen LogP contribution in [-0.2, 0) is 6.61 Å². The average Bonchev–Trinajstić information content (AvgIpc) is 3.01. The molecular weight excluding hydrogens is 248 g/mol. The van der Waals surface area contributed by atoms with Crippen molar-refractivity contribution in [3.8, 4) is 17.1 Å². The fourth-order valence-electron chi connectivity index (χ4n) is 2.14. The Morgan fingerprint density at radius 3 is 2.50 bits per heavy atom. The van der Waals surface area contributed by atoms with Gasteiger partial charge in [0, 0.05) is 5.56 Å². The fourth-order valence-corrected chi connectivity index (χ4v) is 2.14. The first-order valence-corrected chi connectivity index (χ1v) is 6.64. The van der Waals surface area contributed by atoms with Crippen molar-refractivity contribution in [3.63, 3.8) is 0 Å². The molecule has 20 heavy (non-hydrogen) atoms. The van der Waals surface area contributed by atoms with Gasteiger partial charge in [-0.25, -0.2) is 0 Å². The third-order valence-electron chi connectivity index (χ3n) is 3.22. The van der Waals surface area contributed by atoms with Gasteiger partial charge in [0.2, 0.25) is 0 Å². The lowest BCUT2D eigenvalue weighted by Crippen LogP contribution is -1.96. The summed E-state index contributed by atoms with van der Waals surface area (Å²) in [6, 6.07) is 20.1. The number of hydrogen-bond donors (Lipinski definition) is 0. The maximum absolute atomic E-state index is 5.86. The van der Waals surface area contributed by atoms with E-state index in [0.717, 1.165) is 22.6 Å². The highest BCUT2D eigenvalue weighted by atomic mass is 16.5. The Balaban J connectivity index is 1.75. The van der Waals surface area contributed by atoms with Gasteiger partial charge in [-0.1, -0.05) is 30.3 Å². The van der Waals surface area contributed by atoms with Crippen LogP contribution < -0.4 is 4.74 Å². The van der Waals surface area contributed by atoms with E-state index in [1.54, 1.807) is 6.26 Å². The quantitative estimate of drug-likeness (QED) is 0.673. The van der Waals surface area contributed by atoms with E-state index in [1.807, 2.05) is 49.4 Å². The van der Waals surface area contributed by atoms with Crippen molar-refractivity contribution in [2.75, 3.05) is 0 Å². The van der Waals surface area contributed by atoms with Crippen LogP contribution in [0.4, 0.5) is 0 Å². The fraction of sp³-hybridized carbons (Fsp3) is 0.111. The minimum atomic E-state index is 0.585. The number of ether oxygens (including phenoxy) is 1. The van der Waals surface area contributed by atoms with Gasteiger partial charge in [-0.15, -0.1) is 0 Å². The van der Waals surface area contributed by atoms with Crippen LogP contribution in [0.1, 0.15) is 11.1 Å². The number of hydrogen-bond acceptors (Lipinski definition) is 2. The van der Waals surface area contributed by atoms with Gasteiger partial charge in [0.25, 0.3) is 0 Å². The zero-order chi connectivity index (χ0) is 13.8. The lowest BCUT2D eigenvalue weighted by atomic mass is 10.1. The molecule has 2 heteroatoms. The van der Waals surface area contributed by atoms with E-state index in [1.165, 1.54) is 5.56 Å². The summed E-state index contributed by atoms with van der Waals surface area (Å²) in [4.78, 5) is 0. The number of benzene rings is 2. The van der Waals surface area contributed by atoms with Crippen molar-refractivity contribution in [2.24, 2.45) is 0 Å². The highest BCUT2D eigenvalue weighted by Gasteiger charge is 2.05. The predicted octanol–water partition coefficient (Wildman–Crippen LogP) is 4.83. The Morgan fingerprint density at radius 1 is 0.950 bits per heavy atom. The van der Waals surface area contributed by atoms with Crippen LogP contribution in [0.15, 0.2) is 71.3 Å². The summed E-state index contributed by atoms with van der Waals surface area (Å²) in [6.07, 6.45) is 1.69. The summed E-state index contributed by atoms with van der Waals surface area (Å²) < 4.78 is 11.3. The van der Waals surface area contributed by atoms with Gasteiger partial charge in [0.15, 0.2) is 0 Å². The van der Waals surface area contributed by atoms with Crippen molar-refractivity contribution >= 4 is 0 Å². The summed E-state index contributed by atoms with van der Waals surface area (Å²) in [6.45, 7) is 2.63. The van der Waals surface area contributed by atoms with E-state index in [4.69, 9.17) is 9.15 Å². The molecule has 2 nitrogen and oxygen atoms in total. The Labute approximate surface area is 118 Å². The highest BCUT2D eigenvalue weighted by Crippen LogP contribution is 2.27. The van der Waals surface area contributed by atoms with Crippen molar-refractivity contribution in [2.45, 2.75) is 13.5 Å². The van der Waals surface area contributed by atoms with Gasteiger partial charge in [-0.3, -0.25) is 0 Å². The van der Waals surface area contributed by atoms with Gasteiger partial charge in [-0.2, -0.15) is 0 Å². The molecule has 0 spiro atoms. The van der Waals surface area contributed by atoms with Crippen LogP contribution in [0.2, 0.25) is 0 Å². The van der Waals surface area contributed by atoms with Gasteiger partial charge < -0.3 is 9.15 Å². The number of rotatable bonds is 4. The molecule has 0 aliphatic rings. The van der Waals surface area contributed by atoms with E-state index >= 15 is 0 Å². The van der Waals surface area contributed by atoms with Gasteiger partial charge in [0.05, 0.1) is 6.26 Å². The molecule has 0 N–H and O–H groups in total. The smallest absolute Gasteiger partial charge is 0.133 e. The van der Waals surface area contributed by atoms with Crippen molar-refractivity contribution in [1.29, 1.82) is 0 Å². The maximum atomic E-state index is 5.86. The summed E-state index contributed by atoms with van der Waals surface area (Å²) in [5.74, 6) is 1.78. The van der Waals surface area contributed by atoms with Gasteiger partial charge >= 0.3 is 0 Å². The Kier molecular flexibility index (Phi) is 3.55. The predicted molar refractivity (Wildman–Crippen MR) is 79.7 cm³/mol. The normalized spacial score (nSPS) is 10.4. The second-order valence-corrected chi connectivity index (χ2v) is 4.73. The molecule has 100 valence electrons. The topological polar surface area (TPSA) is 22.4 Å². The van der Waals surface area contributed by atoms with Crippen LogP contribution in [0.5, 0.6) is 5.75 Å². The first-order valence-electron chi connectivity index (χ1n) is 6.64. The Bertz CT molecular complexity index is 670. The summed E-state index contributed by atoms with van der Waals surface area (Å²) in [5.41, 5.74) is 3.34. The van der Waals surface area contributed by atoms with Gasteiger partial charge in [-0.05, 0) is 48.4 Å². The lowest BCUT2D eigenvalue weighted by Gasteiger charge is -2.10. The van der Waals surface area contributed by atoms with Crippen LogP contribution in [-0.4, -0.2) is 0 Å². The second kappa shape index (κ2) is 5.66. The molecule has 0 saturated carbocycles. The zero-order valence-corrected chi connectivity index (χ0v) is 11.4. The molecule has 3 rings (SSSR count). The van der Waals surface area contributed by atoms with Crippen LogP contribution in [0.3, 0.4) is 0 Å². The molecule has 1 heterocycles. The molecule has 0 amide bonds. The number of aryl methyl sites for hydroxylation is 1. The standard InChI is InChI=1S/C18H16O2/c1-14-12-16(18-8-5-11-19-18)9-10-17(14)20-13-15-6-3-2-4-7-15/h2-12H,13H2,1H3. The molecule has 2 aromatic carbocycles. The minimum absolute atomic E-state index is 0.585. The summed E-state index contributed by atoms with van der Waals surface area (Å²) >= 11 is 0. The third kappa shape index (κ3) is 2.75. The van der Waals surface area contributed by atoms with E-state index in [9.17, 15) is 0 Å².